The minimum Gasteiger partial charge on any atom is -0.355 e. The van der Waals surface area contributed by atoms with Crippen LogP contribution >= 0.6 is 0 Å². The van der Waals surface area contributed by atoms with Crippen LogP contribution in [0.2, 0.25) is 0 Å². The molecule has 6 nitrogen and oxygen atoms in total. The molecule has 0 spiro atoms. The van der Waals surface area contributed by atoms with E-state index < -0.39 is 10.0 Å². The molecule has 2 aliphatic rings. The molecule has 2 saturated heterocycles. The lowest BCUT2D eigenvalue weighted by atomic mass is 9.94. The van der Waals surface area contributed by atoms with Gasteiger partial charge in [-0.05, 0) is 38.0 Å². The summed E-state index contributed by atoms with van der Waals surface area (Å²) in [4.78, 5) is 11.4. The van der Waals surface area contributed by atoms with Gasteiger partial charge in [0.15, 0.2) is 0 Å². The van der Waals surface area contributed by atoms with E-state index in [-0.39, 0.29) is 0 Å². The van der Waals surface area contributed by atoms with Crippen LogP contribution in [0.4, 0.5) is 5.82 Å². The lowest BCUT2D eigenvalue weighted by Gasteiger charge is -2.31. The molecule has 3 rings (SSSR count). The Bertz CT molecular complexity index is 614. The first-order valence-corrected chi connectivity index (χ1v) is 9.89. The molecule has 0 amide bonds. The molecule has 0 bridgehead atoms. The second-order valence-electron chi connectivity index (χ2n) is 6.35. The number of hydrogen-bond acceptors (Lipinski definition) is 5. The number of nitrogens with zero attached hydrogens (tertiary/aromatic N) is 4. The van der Waals surface area contributed by atoms with Crippen LogP contribution in [0.15, 0.2) is 12.4 Å². The van der Waals surface area contributed by atoms with Gasteiger partial charge in [0.1, 0.15) is 5.82 Å². The number of rotatable bonds is 4. The lowest BCUT2D eigenvalue weighted by molar-refractivity contribution is 0.265. The highest BCUT2D eigenvalue weighted by Gasteiger charge is 2.27. The van der Waals surface area contributed by atoms with Crippen molar-refractivity contribution in [3.8, 4) is 0 Å². The summed E-state index contributed by atoms with van der Waals surface area (Å²) in [5.74, 6) is 1.33. The minimum absolute atomic E-state index is 0.335. The van der Waals surface area contributed by atoms with Crippen molar-refractivity contribution in [3.63, 3.8) is 0 Å². The summed E-state index contributed by atoms with van der Waals surface area (Å²) in [6.07, 6.45) is 10.0. The topological polar surface area (TPSA) is 66.4 Å². The third-order valence-corrected chi connectivity index (χ3v) is 5.86. The third-order valence-electron chi connectivity index (χ3n) is 4.59. The standard InChI is InChI=1S/C15H24N4O2S/c1-22(20,21)19-10-4-5-13(12-19)11-14-15(17-7-6-16-14)18-8-2-3-9-18/h6-7,13H,2-5,8-12H2,1H3. The van der Waals surface area contributed by atoms with Crippen LogP contribution in [0.1, 0.15) is 31.4 Å². The third kappa shape index (κ3) is 3.57. The van der Waals surface area contributed by atoms with E-state index in [1.165, 1.54) is 19.1 Å². The average Bonchev–Trinajstić information content (AvgIpc) is 3.01. The van der Waals surface area contributed by atoms with Crippen LogP contribution in [0.25, 0.3) is 0 Å². The minimum atomic E-state index is -3.09. The Morgan fingerprint density at radius 1 is 1.14 bits per heavy atom. The number of hydrogen-bond donors (Lipinski definition) is 0. The van der Waals surface area contributed by atoms with Crippen molar-refractivity contribution >= 4 is 15.8 Å². The van der Waals surface area contributed by atoms with Crippen molar-refractivity contribution in [3.05, 3.63) is 18.1 Å². The van der Waals surface area contributed by atoms with Gasteiger partial charge in [0.25, 0.3) is 0 Å². The molecule has 1 atom stereocenters. The number of anilines is 1. The molecule has 2 fully saturated rings. The van der Waals surface area contributed by atoms with Crippen LogP contribution in [0, 0.1) is 5.92 Å². The number of piperidine rings is 1. The summed E-state index contributed by atoms with van der Waals surface area (Å²) in [6.45, 7) is 3.35. The van der Waals surface area contributed by atoms with Crippen molar-refractivity contribution < 1.29 is 8.42 Å². The highest BCUT2D eigenvalue weighted by atomic mass is 32.2. The van der Waals surface area contributed by atoms with E-state index >= 15 is 0 Å². The molecule has 22 heavy (non-hydrogen) atoms. The Balaban J connectivity index is 1.73. The quantitative estimate of drug-likeness (QED) is 0.835. The molecule has 0 aromatic carbocycles. The van der Waals surface area contributed by atoms with Crippen LogP contribution in [0.3, 0.4) is 0 Å². The first-order chi connectivity index (χ1) is 10.5. The van der Waals surface area contributed by atoms with Gasteiger partial charge in [-0.1, -0.05) is 0 Å². The van der Waals surface area contributed by atoms with Crippen LogP contribution in [0.5, 0.6) is 0 Å². The largest absolute Gasteiger partial charge is 0.355 e. The van der Waals surface area contributed by atoms with Crippen molar-refractivity contribution in [1.29, 1.82) is 0 Å². The molecular formula is C15H24N4O2S. The van der Waals surface area contributed by atoms with Crippen LogP contribution < -0.4 is 4.90 Å². The number of aromatic nitrogens is 2. The molecule has 2 aliphatic heterocycles. The second-order valence-corrected chi connectivity index (χ2v) is 8.34. The van der Waals surface area contributed by atoms with Gasteiger partial charge < -0.3 is 4.90 Å². The van der Waals surface area contributed by atoms with Gasteiger partial charge in [0, 0.05) is 38.6 Å². The molecule has 0 aliphatic carbocycles. The number of sulfonamides is 1. The van der Waals surface area contributed by atoms with Gasteiger partial charge in [0.2, 0.25) is 10.0 Å². The maximum Gasteiger partial charge on any atom is 0.211 e. The summed E-state index contributed by atoms with van der Waals surface area (Å²) >= 11 is 0. The highest BCUT2D eigenvalue weighted by Crippen LogP contribution is 2.26. The SMILES string of the molecule is CS(=O)(=O)N1CCCC(Cc2nccnc2N2CCCC2)C1. The zero-order valence-electron chi connectivity index (χ0n) is 13.1. The Labute approximate surface area is 132 Å². The zero-order chi connectivity index (χ0) is 15.6. The average molecular weight is 324 g/mol. The fourth-order valence-electron chi connectivity index (χ4n) is 3.46. The Hall–Kier alpha value is -1.21. The zero-order valence-corrected chi connectivity index (χ0v) is 13.9. The summed E-state index contributed by atoms with van der Waals surface area (Å²) in [5.41, 5.74) is 1.02. The van der Waals surface area contributed by atoms with E-state index in [2.05, 4.69) is 14.9 Å². The van der Waals surface area contributed by atoms with Crippen molar-refractivity contribution in [2.45, 2.75) is 32.1 Å². The van der Waals surface area contributed by atoms with Crippen molar-refractivity contribution in [2.24, 2.45) is 5.92 Å². The first-order valence-electron chi connectivity index (χ1n) is 8.04. The maximum absolute atomic E-state index is 11.8. The highest BCUT2D eigenvalue weighted by molar-refractivity contribution is 7.88. The lowest BCUT2D eigenvalue weighted by Crippen LogP contribution is -2.40. The molecule has 0 saturated carbocycles. The van der Waals surface area contributed by atoms with Gasteiger partial charge in [-0.2, -0.15) is 0 Å². The monoisotopic (exact) mass is 324 g/mol. The van der Waals surface area contributed by atoms with Crippen molar-refractivity contribution in [2.75, 3.05) is 37.3 Å². The fourth-order valence-corrected chi connectivity index (χ4v) is 4.41. The van der Waals surface area contributed by atoms with Gasteiger partial charge in [-0.3, -0.25) is 4.98 Å². The van der Waals surface area contributed by atoms with Gasteiger partial charge >= 0.3 is 0 Å². The van der Waals surface area contributed by atoms with Crippen molar-refractivity contribution in [1.82, 2.24) is 14.3 Å². The first kappa shape index (κ1) is 15.7. The van der Waals surface area contributed by atoms with Crippen LogP contribution in [-0.2, 0) is 16.4 Å². The smallest absolute Gasteiger partial charge is 0.211 e. The van der Waals surface area contributed by atoms with Gasteiger partial charge in [-0.25, -0.2) is 17.7 Å². The van der Waals surface area contributed by atoms with Gasteiger partial charge in [0.05, 0.1) is 11.9 Å². The Morgan fingerprint density at radius 3 is 2.59 bits per heavy atom. The maximum atomic E-state index is 11.8. The second kappa shape index (κ2) is 6.50. The molecular weight excluding hydrogens is 300 g/mol. The van der Waals surface area contributed by atoms with Gasteiger partial charge in [-0.15, -0.1) is 0 Å². The van der Waals surface area contributed by atoms with E-state index in [0.29, 0.717) is 19.0 Å². The predicted molar refractivity (Wildman–Crippen MR) is 86.3 cm³/mol. The fraction of sp³-hybridized carbons (Fsp3) is 0.733. The summed E-state index contributed by atoms with van der Waals surface area (Å²) in [5, 5.41) is 0. The Morgan fingerprint density at radius 2 is 1.86 bits per heavy atom. The van der Waals surface area contributed by atoms with E-state index in [1.54, 1.807) is 16.7 Å². The molecule has 122 valence electrons. The molecule has 1 aromatic heterocycles. The van der Waals surface area contributed by atoms with Crippen LogP contribution in [-0.4, -0.2) is 55.1 Å². The summed E-state index contributed by atoms with van der Waals surface area (Å²) < 4.78 is 25.1. The molecule has 0 radical (unpaired) electrons. The summed E-state index contributed by atoms with van der Waals surface area (Å²) in [7, 11) is -3.09. The van der Waals surface area contributed by atoms with E-state index in [1.807, 2.05) is 0 Å². The normalized spacial score (nSPS) is 23.9. The molecule has 1 aromatic rings. The van der Waals surface area contributed by atoms with E-state index in [0.717, 1.165) is 43.9 Å². The van der Waals surface area contributed by atoms with E-state index in [9.17, 15) is 8.42 Å². The van der Waals surface area contributed by atoms with E-state index in [4.69, 9.17) is 0 Å². The molecule has 7 heteroatoms. The molecule has 0 N–H and O–H groups in total. The Kier molecular flexibility index (Phi) is 4.63. The summed E-state index contributed by atoms with van der Waals surface area (Å²) in [6, 6.07) is 0. The molecule has 1 unspecified atom stereocenters. The predicted octanol–water partition coefficient (Wildman–Crippen LogP) is 1.29. The molecule has 3 heterocycles.